The van der Waals surface area contributed by atoms with Gasteiger partial charge in [-0.1, -0.05) is 18.2 Å². The Kier molecular flexibility index (Phi) is 8.86. The largest absolute Gasteiger partial charge is 0.480 e. The molecule has 2 aromatic rings. The minimum absolute atomic E-state index is 0.0209. The molecule has 1 saturated heterocycles. The number of benzene rings is 1. The van der Waals surface area contributed by atoms with Crippen LogP contribution in [0.5, 0.6) is 0 Å². The van der Waals surface area contributed by atoms with E-state index in [0.717, 1.165) is 16.5 Å². The number of carboxylic acid groups (broad SMARTS) is 1. The molecule has 0 saturated carbocycles. The molecule has 2 heterocycles. The fourth-order valence-corrected chi connectivity index (χ4v) is 4.45. The molecule has 12 heteroatoms. The van der Waals surface area contributed by atoms with Gasteiger partial charge in [0, 0.05) is 41.6 Å². The van der Waals surface area contributed by atoms with E-state index >= 15 is 0 Å². The summed E-state index contributed by atoms with van der Waals surface area (Å²) in [6.45, 7) is 0.315. The molecular formula is C22H29N5O5S2. The average Bonchev–Trinajstić information content (AvgIpc) is 3.48. The number of aliphatic carboxylic acids is 1. The van der Waals surface area contributed by atoms with Crippen LogP contribution in [-0.2, 0) is 25.6 Å². The van der Waals surface area contributed by atoms with Crippen LogP contribution in [-0.4, -0.2) is 80.9 Å². The second kappa shape index (κ2) is 11.6. The molecule has 4 unspecified atom stereocenters. The Morgan fingerprint density at radius 3 is 2.56 bits per heavy atom. The number of likely N-dealkylation sites (tertiary alicyclic amines) is 1. The first kappa shape index (κ1) is 25.9. The van der Waals surface area contributed by atoms with Gasteiger partial charge >= 0.3 is 5.97 Å². The summed E-state index contributed by atoms with van der Waals surface area (Å²) in [6.07, 6.45) is 2.78. The summed E-state index contributed by atoms with van der Waals surface area (Å²) in [5.74, 6) is -2.58. The standard InChI is InChI=1S/C22H29N5O5S2/c23-14(10-33)19(28)26-17(11-34)21(30)27-7-3-6-18(27)20(29)25-16(22(31)32)8-12-9-24-15-5-2-1-4-13(12)15/h1-2,4-5,9,14,16-18,24,33-34H,3,6-8,10-11,23H2,(H,25,29)(H,26,28)(H,31,32). The predicted molar refractivity (Wildman–Crippen MR) is 134 cm³/mol. The Bertz CT molecular complexity index is 1060. The molecule has 0 aliphatic carbocycles. The quantitative estimate of drug-likeness (QED) is 0.223. The maximum atomic E-state index is 13.1. The number of carbonyl (C=O) groups is 4. The van der Waals surface area contributed by atoms with E-state index in [-0.39, 0.29) is 17.9 Å². The maximum absolute atomic E-state index is 13.1. The van der Waals surface area contributed by atoms with Crippen LogP contribution in [0.4, 0.5) is 0 Å². The van der Waals surface area contributed by atoms with E-state index in [0.29, 0.717) is 19.4 Å². The lowest BCUT2D eigenvalue weighted by Crippen LogP contribution is -2.57. The number of aromatic amines is 1. The van der Waals surface area contributed by atoms with Gasteiger partial charge < -0.3 is 31.4 Å². The van der Waals surface area contributed by atoms with Gasteiger partial charge in [0.1, 0.15) is 18.1 Å². The molecule has 1 aliphatic rings. The van der Waals surface area contributed by atoms with Gasteiger partial charge in [-0.25, -0.2) is 4.79 Å². The number of rotatable bonds is 10. The molecule has 4 atom stereocenters. The van der Waals surface area contributed by atoms with E-state index < -0.39 is 47.9 Å². The summed E-state index contributed by atoms with van der Waals surface area (Å²) in [5, 5.41) is 15.8. The van der Waals surface area contributed by atoms with Crippen LogP contribution < -0.4 is 16.4 Å². The van der Waals surface area contributed by atoms with E-state index in [1.165, 1.54) is 4.90 Å². The molecule has 1 aromatic carbocycles. The minimum atomic E-state index is -1.17. The summed E-state index contributed by atoms with van der Waals surface area (Å²) >= 11 is 8.14. The Morgan fingerprint density at radius 2 is 1.88 bits per heavy atom. The van der Waals surface area contributed by atoms with E-state index in [1.807, 2.05) is 24.3 Å². The molecule has 3 amide bonds. The monoisotopic (exact) mass is 507 g/mol. The molecule has 1 aliphatic heterocycles. The number of para-hydroxylation sites is 1. The number of amides is 3. The van der Waals surface area contributed by atoms with Crippen molar-refractivity contribution >= 4 is 59.9 Å². The normalized spacial score (nSPS) is 18.3. The third-order valence-corrected chi connectivity index (χ3v) is 6.64. The smallest absolute Gasteiger partial charge is 0.326 e. The number of hydrogen-bond acceptors (Lipinski definition) is 7. The molecule has 1 aromatic heterocycles. The molecule has 0 bridgehead atoms. The number of thiol groups is 2. The van der Waals surface area contributed by atoms with E-state index in [1.54, 1.807) is 6.20 Å². The van der Waals surface area contributed by atoms with Gasteiger partial charge in [-0.3, -0.25) is 14.4 Å². The Hall–Kier alpha value is -2.70. The minimum Gasteiger partial charge on any atom is -0.480 e. The molecule has 10 nitrogen and oxygen atoms in total. The zero-order chi connectivity index (χ0) is 24.8. The number of nitrogens with one attached hydrogen (secondary N) is 3. The topological polar surface area (TPSA) is 158 Å². The van der Waals surface area contributed by atoms with Crippen LogP contribution in [0.3, 0.4) is 0 Å². The molecule has 6 N–H and O–H groups in total. The van der Waals surface area contributed by atoms with Crippen LogP contribution in [0.1, 0.15) is 18.4 Å². The number of carbonyl (C=O) groups excluding carboxylic acids is 3. The molecule has 1 fully saturated rings. The highest BCUT2D eigenvalue weighted by Gasteiger charge is 2.38. The van der Waals surface area contributed by atoms with E-state index in [9.17, 15) is 24.3 Å². The summed E-state index contributed by atoms with van der Waals surface area (Å²) in [7, 11) is 0. The summed E-state index contributed by atoms with van der Waals surface area (Å²) in [6, 6.07) is 3.65. The predicted octanol–water partition coefficient (Wildman–Crippen LogP) is -0.0575. The summed E-state index contributed by atoms with van der Waals surface area (Å²) < 4.78 is 0. The maximum Gasteiger partial charge on any atom is 0.326 e. The highest BCUT2D eigenvalue weighted by atomic mass is 32.1. The number of H-pyrrole nitrogens is 1. The fraction of sp³-hybridized carbons (Fsp3) is 0.455. The van der Waals surface area contributed by atoms with Crippen molar-refractivity contribution in [2.75, 3.05) is 18.1 Å². The number of aromatic nitrogens is 1. The molecular weight excluding hydrogens is 478 g/mol. The first-order valence-corrected chi connectivity index (χ1v) is 12.2. The third-order valence-electron chi connectivity index (χ3n) is 5.88. The van der Waals surface area contributed by atoms with Gasteiger partial charge in [-0.2, -0.15) is 25.3 Å². The molecule has 184 valence electrons. The zero-order valence-electron chi connectivity index (χ0n) is 18.4. The van der Waals surface area contributed by atoms with Crippen LogP contribution in [0.2, 0.25) is 0 Å². The van der Waals surface area contributed by atoms with Crippen molar-refractivity contribution in [3.05, 3.63) is 36.0 Å². The van der Waals surface area contributed by atoms with Gasteiger partial charge in [0.15, 0.2) is 0 Å². The van der Waals surface area contributed by atoms with E-state index in [2.05, 4.69) is 40.9 Å². The van der Waals surface area contributed by atoms with Gasteiger partial charge in [0.05, 0.1) is 6.04 Å². The van der Waals surface area contributed by atoms with E-state index in [4.69, 9.17) is 5.73 Å². The number of nitrogens with zero attached hydrogens (tertiary/aromatic N) is 1. The first-order chi connectivity index (χ1) is 16.3. The van der Waals surface area contributed by atoms with Crippen LogP contribution in [0.15, 0.2) is 30.5 Å². The Balaban J connectivity index is 1.69. The lowest BCUT2D eigenvalue weighted by atomic mass is 10.0. The van der Waals surface area contributed by atoms with Crippen molar-refractivity contribution < 1.29 is 24.3 Å². The summed E-state index contributed by atoms with van der Waals surface area (Å²) in [5.41, 5.74) is 7.30. The SMILES string of the molecule is NC(CS)C(=O)NC(CS)C(=O)N1CCCC1C(=O)NC(Cc1c[nH]c2ccccc12)C(=O)O. The fourth-order valence-electron chi connectivity index (χ4n) is 4.04. The van der Waals surface area contributed by atoms with Crippen molar-refractivity contribution in [1.82, 2.24) is 20.5 Å². The number of fused-ring (bicyclic) bond motifs is 1. The number of nitrogens with two attached hydrogens (primary N) is 1. The van der Waals surface area contributed by atoms with Crippen molar-refractivity contribution in [1.29, 1.82) is 0 Å². The second-order valence-corrected chi connectivity index (χ2v) is 8.92. The van der Waals surface area contributed by atoms with Crippen LogP contribution in [0.25, 0.3) is 10.9 Å². The first-order valence-electron chi connectivity index (χ1n) is 10.9. The average molecular weight is 508 g/mol. The van der Waals surface area contributed by atoms with Crippen molar-refractivity contribution in [2.45, 2.75) is 43.4 Å². The summed E-state index contributed by atoms with van der Waals surface area (Å²) in [4.78, 5) is 54.6. The van der Waals surface area contributed by atoms with Gasteiger partial charge in [0.2, 0.25) is 17.7 Å². The highest BCUT2D eigenvalue weighted by Crippen LogP contribution is 2.21. The molecule has 34 heavy (non-hydrogen) atoms. The molecule has 0 radical (unpaired) electrons. The highest BCUT2D eigenvalue weighted by molar-refractivity contribution is 7.80. The van der Waals surface area contributed by atoms with Gasteiger partial charge in [-0.15, -0.1) is 0 Å². The number of hydrogen-bond donors (Lipinski definition) is 7. The van der Waals surface area contributed by atoms with Gasteiger partial charge in [-0.05, 0) is 24.5 Å². The Morgan fingerprint density at radius 1 is 1.15 bits per heavy atom. The van der Waals surface area contributed by atoms with Crippen molar-refractivity contribution in [3.8, 4) is 0 Å². The lowest BCUT2D eigenvalue weighted by molar-refractivity contribution is -0.144. The molecule has 0 spiro atoms. The second-order valence-electron chi connectivity index (χ2n) is 8.19. The van der Waals surface area contributed by atoms with Gasteiger partial charge in [0.25, 0.3) is 0 Å². The van der Waals surface area contributed by atoms with Crippen LogP contribution in [0, 0.1) is 0 Å². The zero-order valence-corrected chi connectivity index (χ0v) is 20.2. The Labute approximate surface area is 207 Å². The lowest BCUT2D eigenvalue weighted by Gasteiger charge is -2.29. The van der Waals surface area contributed by atoms with Crippen LogP contribution >= 0.6 is 25.3 Å². The number of carboxylic acids is 1. The van der Waals surface area contributed by atoms with Crippen molar-refractivity contribution in [2.24, 2.45) is 5.73 Å². The van der Waals surface area contributed by atoms with Crippen molar-refractivity contribution in [3.63, 3.8) is 0 Å². The molecule has 3 rings (SSSR count). The third kappa shape index (κ3) is 5.86.